The summed E-state index contributed by atoms with van der Waals surface area (Å²) in [4.78, 5) is 17.8. The molecule has 3 rings (SSSR count). The van der Waals surface area contributed by atoms with Crippen LogP contribution in [0.25, 0.3) is 16.6 Å². The Morgan fingerprint density at radius 2 is 1.92 bits per heavy atom. The van der Waals surface area contributed by atoms with Crippen molar-refractivity contribution in [1.29, 1.82) is 0 Å². The van der Waals surface area contributed by atoms with E-state index >= 15 is 0 Å². The van der Waals surface area contributed by atoms with Gasteiger partial charge in [0, 0.05) is 0 Å². The zero-order valence-corrected chi connectivity index (χ0v) is 15.1. The standard InChI is InChI=1S/C19H22BN3O3/c1-4-26-15-11-9-14(10-12-15)23-18(13(2)22-20(3)25)21-17-8-6-5-7-16(17)19(23)24/h5-13,22,25H,4H2,1-3H3/t13-/m1/s1. The van der Waals surface area contributed by atoms with E-state index in [1.165, 1.54) is 0 Å². The summed E-state index contributed by atoms with van der Waals surface area (Å²) >= 11 is 0. The molecule has 7 heteroatoms. The Labute approximate surface area is 152 Å². The molecule has 2 N–H and O–H groups in total. The third-order valence-electron chi connectivity index (χ3n) is 4.09. The summed E-state index contributed by atoms with van der Waals surface area (Å²) in [6, 6.07) is 14.3. The Kier molecular flexibility index (Phi) is 5.39. The van der Waals surface area contributed by atoms with E-state index in [1.54, 1.807) is 17.5 Å². The molecule has 0 unspecified atom stereocenters. The van der Waals surface area contributed by atoms with Crippen LogP contribution in [0.3, 0.4) is 0 Å². The van der Waals surface area contributed by atoms with Gasteiger partial charge in [0.15, 0.2) is 0 Å². The molecule has 6 nitrogen and oxygen atoms in total. The number of ether oxygens (including phenoxy) is 1. The third kappa shape index (κ3) is 3.64. The minimum Gasteiger partial charge on any atom is -0.494 e. The fraction of sp³-hybridized carbons (Fsp3) is 0.263. The number of nitrogens with one attached hydrogen (secondary N) is 1. The van der Waals surface area contributed by atoms with Crippen molar-refractivity contribution in [2.75, 3.05) is 6.61 Å². The van der Waals surface area contributed by atoms with Crippen LogP contribution in [0, 0.1) is 0 Å². The number of para-hydroxylation sites is 1. The van der Waals surface area contributed by atoms with E-state index in [4.69, 9.17) is 4.74 Å². The van der Waals surface area contributed by atoms with Gasteiger partial charge in [0.2, 0.25) is 0 Å². The van der Waals surface area contributed by atoms with Crippen molar-refractivity contribution >= 4 is 18.0 Å². The summed E-state index contributed by atoms with van der Waals surface area (Å²) in [6.45, 7) is 6.01. The molecule has 3 aromatic rings. The second-order valence-electron chi connectivity index (χ2n) is 6.12. The van der Waals surface area contributed by atoms with Crippen LogP contribution in [-0.4, -0.2) is 28.2 Å². The highest BCUT2D eigenvalue weighted by molar-refractivity contribution is 6.45. The summed E-state index contributed by atoms with van der Waals surface area (Å²) < 4.78 is 7.06. The molecule has 0 spiro atoms. The van der Waals surface area contributed by atoms with Crippen LogP contribution in [0.5, 0.6) is 5.75 Å². The fourth-order valence-electron chi connectivity index (χ4n) is 2.98. The Morgan fingerprint density at radius 1 is 1.23 bits per heavy atom. The summed E-state index contributed by atoms with van der Waals surface area (Å²) in [5.41, 5.74) is 1.19. The summed E-state index contributed by atoms with van der Waals surface area (Å²) in [6.07, 6.45) is 0. The second-order valence-corrected chi connectivity index (χ2v) is 6.12. The van der Waals surface area contributed by atoms with Gasteiger partial charge >= 0.3 is 7.05 Å². The Hall–Kier alpha value is -2.64. The average molecular weight is 351 g/mol. The van der Waals surface area contributed by atoms with Gasteiger partial charge in [0.1, 0.15) is 11.6 Å². The molecule has 134 valence electrons. The molecule has 1 atom stereocenters. The first kappa shape index (κ1) is 18.2. The van der Waals surface area contributed by atoms with Crippen LogP contribution in [0.2, 0.25) is 6.82 Å². The lowest BCUT2D eigenvalue weighted by atomic mass is 9.87. The average Bonchev–Trinajstić information content (AvgIpc) is 2.62. The highest BCUT2D eigenvalue weighted by atomic mass is 16.5. The Morgan fingerprint density at radius 3 is 2.58 bits per heavy atom. The molecular formula is C19H22BN3O3. The van der Waals surface area contributed by atoms with Crippen LogP contribution in [-0.2, 0) is 0 Å². The number of hydrogen-bond acceptors (Lipinski definition) is 5. The minimum atomic E-state index is -0.720. The first-order valence-corrected chi connectivity index (χ1v) is 8.70. The van der Waals surface area contributed by atoms with Crippen molar-refractivity contribution < 1.29 is 9.76 Å². The van der Waals surface area contributed by atoms with Gasteiger partial charge in [-0.1, -0.05) is 12.1 Å². The lowest BCUT2D eigenvalue weighted by molar-refractivity contribution is 0.340. The molecule has 0 fully saturated rings. The predicted octanol–water partition coefficient (Wildman–Crippen LogP) is 2.55. The van der Waals surface area contributed by atoms with Crippen LogP contribution in [0.15, 0.2) is 53.3 Å². The maximum Gasteiger partial charge on any atom is 0.374 e. The van der Waals surface area contributed by atoms with Gasteiger partial charge in [-0.25, -0.2) is 4.98 Å². The van der Waals surface area contributed by atoms with Crippen molar-refractivity contribution in [2.45, 2.75) is 26.7 Å². The highest BCUT2D eigenvalue weighted by Gasteiger charge is 2.19. The molecule has 1 heterocycles. The first-order valence-electron chi connectivity index (χ1n) is 8.70. The molecule has 0 aliphatic heterocycles. The van der Waals surface area contributed by atoms with Crippen molar-refractivity contribution in [1.82, 2.24) is 14.8 Å². The van der Waals surface area contributed by atoms with E-state index in [0.29, 0.717) is 29.0 Å². The van der Waals surface area contributed by atoms with Gasteiger partial charge in [-0.2, -0.15) is 0 Å². The van der Waals surface area contributed by atoms with Gasteiger partial charge in [-0.15, -0.1) is 0 Å². The molecule has 0 saturated carbocycles. The first-order chi connectivity index (χ1) is 12.5. The van der Waals surface area contributed by atoms with E-state index < -0.39 is 7.05 Å². The lowest BCUT2D eigenvalue weighted by Gasteiger charge is -2.20. The van der Waals surface area contributed by atoms with Gasteiger partial charge < -0.3 is 15.0 Å². The summed E-state index contributed by atoms with van der Waals surface area (Å²) in [7, 11) is -0.720. The number of fused-ring (bicyclic) bond motifs is 1. The van der Waals surface area contributed by atoms with Crippen LogP contribution in [0.1, 0.15) is 25.7 Å². The van der Waals surface area contributed by atoms with Crippen molar-refractivity contribution in [3.05, 3.63) is 64.7 Å². The van der Waals surface area contributed by atoms with Crippen molar-refractivity contribution in [2.24, 2.45) is 0 Å². The van der Waals surface area contributed by atoms with E-state index in [2.05, 4.69) is 10.2 Å². The lowest BCUT2D eigenvalue weighted by Crippen LogP contribution is -2.37. The summed E-state index contributed by atoms with van der Waals surface area (Å²) in [5.74, 6) is 1.29. The van der Waals surface area contributed by atoms with E-state index in [-0.39, 0.29) is 11.6 Å². The molecule has 0 saturated heterocycles. The number of nitrogens with zero attached hydrogens (tertiary/aromatic N) is 2. The molecule has 0 amide bonds. The maximum atomic E-state index is 13.2. The fourth-order valence-corrected chi connectivity index (χ4v) is 2.98. The quantitative estimate of drug-likeness (QED) is 0.668. The SMILES string of the molecule is CCOc1ccc(-n2c([C@@H](C)NB(C)O)nc3ccccc3c2=O)cc1. The Balaban J connectivity index is 2.20. The zero-order chi connectivity index (χ0) is 18.7. The molecule has 2 aromatic carbocycles. The highest BCUT2D eigenvalue weighted by Crippen LogP contribution is 2.20. The predicted molar refractivity (Wildman–Crippen MR) is 104 cm³/mol. The zero-order valence-electron chi connectivity index (χ0n) is 15.1. The molecule has 0 bridgehead atoms. The smallest absolute Gasteiger partial charge is 0.374 e. The van der Waals surface area contributed by atoms with Gasteiger partial charge in [0.05, 0.1) is 29.2 Å². The van der Waals surface area contributed by atoms with Crippen molar-refractivity contribution in [3.8, 4) is 11.4 Å². The molecule has 0 aliphatic carbocycles. The Bertz CT molecular complexity index is 954. The van der Waals surface area contributed by atoms with E-state index in [1.807, 2.05) is 56.3 Å². The van der Waals surface area contributed by atoms with E-state index in [0.717, 1.165) is 5.75 Å². The number of hydrogen-bond donors (Lipinski definition) is 2. The molecule has 0 aliphatic rings. The second kappa shape index (κ2) is 7.72. The summed E-state index contributed by atoms with van der Waals surface area (Å²) in [5, 5.41) is 13.2. The number of benzene rings is 2. The monoisotopic (exact) mass is 351 g/mol. The molecular weight excluding hydrogens is 329 g/mol. The normalized spacial score (nSPS) is 12.2. The minimum absolute atomic E-state index is 0.144. The van der Waals surface area contributed by atoms with Gasteiger partial charge in [0.25, 0.3) is 5.56 Å². The van der Waals surface area contributed by atoms with Crippen LogP contribution < -0.4 is 15.5 Å². The largest absolute Gasteiger partial charge is 0.494 e. The topological polar surface area (TPSA) is 76.4 Å². The molecule has 1 aromatic heterocycles. The van der Waals surface area contributed by atoms with Crippen molar-refractivity contribution in [3.63, 3.8) is 0 Å². The van der Waals surface area contributed by atoms with Gasteiger partial charge in [-0.05, 0) is 57.1 Å². The number of rotatable bonds is 6. The molecule has 26 heavy (non-hydrogen) atoms. The van der Waals surface area contributed by atoms with Gasteiger partial charge in [-0.3, -0.25) is 9.36 Å². The van der Waals surface area contributed by atoms with Crippen LogP contribution in [0.4, 0.5) is 0 Å². The molecule has 0 radical (unpaired) electrons. The number of aromatic nitrogens is 2. The third-order valence-corrected chi connectivity index (χ3v) is 4.09. The maximum absolute atomic E-state index is 13.2. The van der Waals surface area contributed by atoms with E-state index in [9.17, 15) is 9.82 Å². The van der Waals surface area contributed by atoms with Crippen LogP contribution >= 0.6 is 0 Å².